The number of anilines is 1. The number of rotatable bonds is 4. The molecule has 1 aliphatic rings. The summed E-state index contributed by atoms with van der Waals surface area (Å²) in [7, 11) is 0. The predicted octanol–water partition coefficient (Wildman–Crippen LogP) is 3.45. The number of hydrogen-bond donors (Lipinski definition) is 0. The molecule has 1 aromatic heterocycles. The van der Waals surface area contributed by atoms with Crippen molar-refractivity contribution in [3.05, 3.63) is 110 Å². The molecule has 0 spiro atoms. The number of amides is 1. The predicted molar refractivity (Wildman–Crippen MR) is 126 cm³/mol. The van der Waals surface area contributed by atoms with Crippen LogP contribution < -0.4 is 16.0 Å². The topological polar surface area (TPSA) is 64.3 Å². The van der Waals surface area contributed by atoms with E-state index in [4.69, 9.17) is 11.6 Å². The summed E-state index contributed by atoms with van der Waals surface area (Å²) in [6.07, 6.45) is 0.766. The van der Waals surface area contributed by atoms with Gasteiger partial charge in [0.05, 0.1) is 17.6 Å². The third-order valence-corrected chi connectivity index (χ3v) is 6.09. The first kappa shape index (κ1) is 20.3. The minimum atomic E-state index is -0.739. The number of carbonyl (C=O) groups is 1. The number of halogens is 1. The monoisotopic (exact) mass is 445 g/mol. The summed E-state index contributed by atoms with van der Waals surface area (Å²) >= 11 is 6.23. The summed E-state index contributed by atoms with van der Waals surface area (Å²) in [6.45, 7) is 0.573. The standard InChI is InChI=1S/C25H20ClN3O3/c26-19-10-11-21-22(14-19)29(16-23(30)27-13-12-18-8-4-5-9-20(18)27)25(32)24(31)28(21)15-17-6-2-1-3-7-17/h1-11,14H,12-13,15-16H2. The molecule has 0 atom stereocenters. The molecule has 0 radical (unpaired) electrons. The van der Waals surface area contributed by atoms with Gasteiger partial charge in [-0.1, -0.05) is 60.1 Å². The van der Waals surface area contributed by atoms with Crippen LogP contribution in [0.2, 0.25) is 5.02 Å². The van der Waals surface area contributed by atoms with E-state index in [-0.39, 0.29) is 19.0 Å². The quantitative estimate of drug-likeness (QED) is 0.452. The summed E-state index contributed by atoms with van der Waals surface area (Å²) in [6, 6.07) is 22.2. The van der Waals surface area contributed by atoms with E-state index in [0.29, 0.717) is 22.6 Å². The number of benzene rings is 3. The van der Waals surface area contributed by atoms with Crippen molar-refractivity contribution < 1.29 is 4.79 Å². The van der Waals surface area contributed by atoms with E-state index in [0.717, 1.165) is 23.2 Å². The van der Waals surface area contributed by atoms with Gasteiger partial charge in [0.2, 0.25) is 5.91 Å². The van der Waals surface area contributed by atoms with Crippen molar-refractivity contribution in [3.63, 3.8) is 0 Å². The maximum absolute atomic E-state index is 13.2. The van der Waals surface area contributed by atoms with Crippen LogP contribution in [0.15, 0.2) is 82.4 Å². The first-order chi connectivity index (χ1) is 15.5. The smallest absolute Gasteiger partial charge is 0.310 e. The van der Waals surface area contributed by atoms with Crippen molar-refractivity contribution in [1.29, 1.82) is 0 Å². The highest BCUT2D eigenvalue weighted by atomic mass is 35.5. The average Bonchev–Trinajstić information content (AvgIpc) is 3.24. The zero-order chi connectivity index (χ0) is 22.2. The molecule has 3 aromatic carbocycles. The Morgan fingerprint density at radius 3 is 2.38 bits per heavy atom. The van der Waals surface area contributed by atoms with E-state index in [1.54, 1.807) is 23.1 Å². The van der Waals surface area contributed by atoms with Gasteiger partial charge in [0, 0.05) is 17.3 Å². The number of nitrogens with zero attached hydrogens (tertiary/aromatic N) is 3. The zero-order valence-corrected chi connectivity index (χ0v) is 18.0. The van der Waals surface area contributed by atoms with E-state index < -0.39 is 11.1 Å². The number of carbonyl (C=O) groups excluding carboxylic acids is 1. The first-order valence-corrected chi connectivity index (χ1v) is 10.8. The van der Waals surface area contributed by atoms with Gasteiger partial charge in [-0.2, -0.15) is 0 Å². The van der Waals surface area contributed by atoms with Gasteiger partial charge in [0.15, 0.2) is 0 Å². The van der Waals surface area contributed by atoms with Gasteiger partial charge in [0.25, 0.3) is 0 Å². The molecule has 0 unspecified atom stereocenters. The average molecular weight is 446 g/mol. The molecule has 1 aliphatic heterocycles. The van der Waals surface area contributed by atoms with Gasteiger partial charge in [0.1, 0.15) is 6.54 Å². The van der Waals surface area contributed by atoms with Gasteiger partial charge >= 0.3 is 11.1 Å². The van der Waals surface area contributed by atoms with Crippen LogP contribution in [0.1, 0.15) is 11.1 Å². The van der Waals surface area contributed by atoms with Crippen molar-refractivity contribution in [1.82, 2.24) is 9.13 Å². The van der Waals surface area contributed by atoms with Gasteiger partial charge in [-0.3, -0.25) is 23.5 Å². The Kier molecular flexibility index (Phi) is 5.15. The highest BCUT2D eigenvalue weighted by Crippen LogP contribution is 2.28. The second-order valence-corrected chi connectivity index (χ2v) is 8.26. The Labute approximate surface area is 188 Å². The van der Waals surface area contributed by atoms with Crippen LogP contribution in [0.3, 0.4) is 0 Å². The van der Waals surface area contributed by atoms with E-state index in [2.05, 4.69) is 0 Å². The Balaban J connectivity index is 1.60. The van der Waals surface area contributed by atoms with Crippen LogP contribution in [0.25, 0.3) is 11.0 Å². The zero-order valence-electron chi connectivity index (χ0n) is 17.2. The third kappa shape index (κ3) is 3.52. The minimum Gasteiger partial charge on any atom is -0.310 e. The first-order valence-electron chi connectivity index (χ1n) is 10.4. The lowest BCUT2D eigenvalue weighted by atomic mass is 10.2. The minimum absolute atomic E-state index is 0.231. The molecule has 0 fully saturated rings. The fourth-order valence-electron chi connectivity index (χ4n) is 4.29. The van der Waals surface area contributed by atoms with E-state index >= 15 is 0 Å². The highest BCUT2D eigenvalue weighted by molar-refractivity contribution is 6.31. The van der Waals surface area contributed by atoms with Crippen LogP contribution >= 0.6 is 11.6 Å². The SMILES string of the molecule is O=C(Cn1c(=O)c(=O)n(Cc2ccccc2)c2ccc(Cl)cc21)N1CCc2ccccc21. The number of hydrogen-bond acceptors (Lipinski definition) is 3. The Morgan fingerprint density at radius 1 is 0.844 bits per heavy atom. The van der Waals surface area contributed by atoms with Gasteiger partial charge < -0.3 is 4.90 Å². The van der Waals surface area contributed by atoms with Gasteiger partial charge in [-0.25, -0.2) is 0 Å². The summed E-state index contributed by atoms with van der Waals surface area (Å²) in [5.74, 6) is -0.237. The van der Waals surface area contributed by atoms with Crippen LogP contribution in [-0.4, -0.2) is 21.6 Å². The molecule has 4 aromatic rings. The van der Waals surface area contributed by atoms with Gasteiger partial charge in [-0.05, 0) is 41.8 Å². The normalized spacial score (nSPS) is 12.8. The lowest BCUT2D eigenvalue weighted by Crippen LogP contribution is -2.44. The molecular weight excluding hydrogens is 426 g/mol. The van der Waals surface area contributed by atoms with Crippen LogP contribution in [0, 0.1) is 0 Å². The highest BCUT2D eigenvalue weighted by Gasteiger charge is 2.25. The molecule has 0 saturated carbocycles. The maximum Gasteiger partial charge on any atom is 0.317 e. The maximum atomic E-state index is 13.2. The molecule has 5 rings (SSSR count). The molecular formula is C25H20ClN3O3. The second kappa shape index (κ2) is 8.13. The van der Waals surface area contributed by atoms with Crippen molar-refractivity contribution in [2.75, 3.05) is 11.4 Å². The van der Waals surface area contributed by atoms with E-state index in [1.807, 2.05) is 54.6 Å². The largest absolute Gasteiger partial charge is 0.317 e. The second-order valence-electron chi connectivity index (χ2n) is 7.83. The van der Waals surface area contributed by atoms with E-state index in [9.17, 15) is 14.4 Å². The summed E-state index contributed by atoms with van der Waals surface area (Å²) in [5, 5.41) is 0.425. The molecule has 0 saturated heterocycles. The Bertz CT molecular complexity index is 1460. The Hall–Kier alpha value is -3.64. The number of para-hydroxylation sites is 1. The van der Waals surface area contributed by atoms with E-state index in [1.165, 1.54) is 9.13 Å². The number of aromatic nitrogens is 2. The fraction of sp³-hybridized carbons (Fsp3) is 0.160. The molecule has 0 bridgehead atoms. The van der Waals surface area contributed by atoms with Crippen LogP contribution in [0.4, 0.5) is 5.69 Å². The van der Waals surface area contributed by atoms with Crippen molar-refractivity contribution in [2.24, 2.45) is 0 Å². The van der Waals surface area contributed by atoms with Crippen LogP contribution in [-0.2, 0) is 24.3 Å². The van der Waals surface area contributed by atoms with Crippen molar-refractivity contribution in [2.45, 2.75) is 19.5 Å². The molecule has 1 amide bonds. The molecule has 160 valence electrons. The molecule has 2 heterocycles. The summed E-state index contributed by atoms with van der Waals surface area (Å²) in [5.41, 5.74) is 2.45. The van der Waals surface area contributed by atoms with Crippen molar-refractivity contribution >= 4 is 34.2 Å². The van der Waals surface area contributed by atoms with Crippen molar-refractivity contribution in [3.8, 4) is 0 Å². The molecule has 7 heteroatoms. The lowest BCUT2D eigenvalue weighted by molar-refractivity contribution is -0.119. The fourth-order valence-corrected chi connectivity index (χ4v) is 4.45. The van der Waals surface area contributed by atoms with Crippen LogP contribution in [0.5, 0.6) is 0 Å². The summed E-state index contributed by atoms with van der Waals surface area (Å²) < 4.78 is 2.68. The summed E-state index contributed by atoms with van der Waals surface area (Å²) in [4.78, 5) is 41.0. The van der Waals surface area contributed by atoms with Gasteiger partial charge in [-0.15, -0.1) is 0 Å². The molecule has 0 aliphatic carbocycles. The Morgan fingerprint density at radius 2 is 1.56 bits per heavy atom. The molecule has 6 nitrogen and oxygen atoms in total. The molecule has 32 heavy (non-hydrogen) atoms. The lowest BCUT2D eigenvalue weighted by Gasteiger charge is -2.20. The molecule has 0 N–H and O–H groups in total. The number of fused-ring (bicyclic) bond motifs is 2. The third-order valence-electron chi connectivity index (χ3n) is 5.86.